The van der Waals surface area contributed by atoms with Gasteiger partial charge in [-0.25, -0.2) is 9.59 Å². The number of methoxy groups -OCH3 is 2. The van der Waals surface area contributed by atoms with Crippen molar-refractivity contribution in [2.24, 2.45) is 11.3 Å². The van der Waals surface area contributed by atoms with E-state index in [1.807, 2.05) is 0 Å². The van der Waals surface area contributed by atoms with Crippen molar-refractivity contribution in [1.82, 2.24) is 0 Å². The van der Waals surface area contributed by atoms with E-state index < -0.39 is 76.5 Å². The molecule has 3 fully saturated rings. The lowest BCUT2D eigenvalue weighted by Gasteiger charge is -2.59. The second-order valence-corrected chi connectivity index (χ2v) is 9.72. The van der Waals surface area contributed by atoms with Gasteiger partial charge in [0.2, 0.25) is 0 Å². The van der Waals surface area contributed by atoms with Crippen molar-refractivity contribution >= 4 is 23.5 Å². The lowest BCUT2D eigenvalue weighted by Crippen LogP contribution is -2.77. The number of aliphatic hydroxyl groups excluding tert-OH is 3. The number of hydrogen-bond donors (Lipinski definition) is 4. The lowest BCUT2D eigenvalue weighted by molar-refractivity contribution is -0.239. The van der Waals surface area contributed by atoms with E-state index in [0.29, 0.717) is 0 Å². The molecular formula is C26H32O11. The topological polar surface area (TPSA) is 177 Å². The summed E-state index contributed by atoms with van der Waals surface area (Å²) in [5, 5.41) is 42.9. The van der Waals surface area contributed by atoms with Gasteiger partial charge in [0, 0.05) is 23.5 Å². The summed E-state index contributed by atoms with van der Waals surface area (Å²) in [6, 6.07) is 0. The molecule has 11 heteroatoms. The molecule has 0 saturated heterocycles. The highest BCUT2D eigenvalue weighted by molar-refractivity contribution is 6.24. The van der Waals surface area contributed by atoms with Crippen LogP contribution in [0.5, 0.6) is 0 Å². The molecule has 4 N–H and O–H groups in total. The van der Waals surface area contributed by atoms with Gasteiger partial charge in [0.25, 0.3) is 0 Å². The summed E-state index contributed by atoms with van der Waals surface area (Å²) in [5.74, 6) is -5.83. The van der Waals surface area contributed by atoms with Crippen LogP contribution in [0.3, 0.4) is 0 Å². The van der Waals surface area contributed by atoms with Crippen molar-refractivity contribution in [1.29, 1.82) is 0 Å². The minimum atomic E-state index is -2.41. The van der Waals surface area contributed by atoms with Gasteiger partial charge in [-0.2, -0.15) is 0 Å². The van der Waals surface area contributed by atoms with Crippen molar-refractivity contribution in [3.05, 3.63) is 47.3 Å². The Morgan fingerprint density at radius 3 is 2.32 bits per heavy atom. The molecule has 0 heterocycles. The molecule has 4 rings (SSSR count). The van der Waals surface area contributed by atoms with Crippen LogP contribution in [0.15, 0.2) is 47.3 Å². The molecule has 0 radical (unpaired) electrons. The maximum atomic E-state index is 13.8. The van der Waals surface area contributed by atoms with E-state index in [1.54, 1.807) is 19.1 Å². The molecule has 7 unspecified atom stereocenters. The van der Waals surface area contributed by atoms with Crippen molar-refractivity contribution in [2.75, 3.05) is 14.2 Å². The van der Waals surface area contributed by atoms with E-state index in [1.165, 1.54) is 19.1 Å². The number of rotatable bonds is 6. The Balaban J connectivity index is 2.23. The fourth-order valence-corrected chi connectivity index (χ4v) is 5.49. The number of esters is 2. The zero-order chi connectivity index (χ0) is 27.9. The van der Waals surface area contributed by atoms with E-state index in [2.05, 4.69) is 4.74 Å². The Hall–Kier alpha value is -3.12. The maximum Gasteiger partial charge on any atom is 0.339 e. The summed E-state index contributed by atoms with van der Waals surface area (Å²) in [5.41, 5.74) is -7.25. The number of fused-ring (bicyclic) bond motifs is 3. The van der Waals surface area contributed by atoms with Crippen LogP contribution in [0.4, 0.5) is 0 Å². The number of ketones is 2. The van der Waals surface area contributed by atoms with Crippen molar-refractivity contribution in [3.63, 3.8) is 0 Å². The molecular weight excluding hydrogens is 488 g/mol. The molecule has 0 aliphatic heterocycles. The number of Topliss-reactive ketones (excluding diaryl/α,β-unsaturated/α-hetero) is 2. The highest BCUT2D eigenvalue weighted by atomic mass is 16.6. The molecule has 11 nitrogen and oxygen atoms in total. The Morgan fingerprint density at radius 2 is 1.76 bits per heavy atom. The molecule has 0 spiro atoms. The van der Waals surface area contributed by atoms with Crippen molar-refractivity contribution in [2.45, 2.75) is 63.1 Å². The van der Waals surface area contributed by atoms with E-state index in [-0.39, 0.29) is 17.6 Å². The largest absolute Gasteiger partial charge is 0.508 e. The first-order chi connectivity index (χ1) is 17.2. The predicted octanol–water partition coefficient (Wildman–Crippen LogP) is 0.382. The average molecular weight is 521 g/mol. The number of aliphatic hydroxyl groups is 4. The van der Waals surface area contributed by atoms with Crippen molar-refractivity contribution < 1.29 is 53.8 Å². The summed E-state index contributed by atoms with van der Waals surface area (Å²) in [4.78, 5) is 52.9. The summed E-state index contributed by atoms with van der Waals surface area (Å²) in [6.45, 7) is 4.03. The van der Waals surface area contributed by atoms with Gasteiger partial charge in [0.15, 0.2) is 17.2 Å². The number of carbonyl (C=O) groups excluding carboxylic acids is 4. The molecule has 2 bridgehead atoms. The van der Waals surface area contributed by atoms with E-state index in [9.17, 15) is 39.6 Å². The predicted molar refractivity (Wildman–Crippen MR) is 127 cm³/mol. The quantitative estimate of drug-likeness (QED) is 0.125. The highest BCUT2D eigenvalue weighted by Gasteiger charge is 2.78. The summed E-state index contributed by atoms with van der Waals surface area (Å²) in [6.07, 6.45) is 1.70. The van der Waals surface area contributed by atoms with E-state index >= 15 is 0 Å². The normalized spacial score (nSPS) is 39.2. The number of hydrogen-bond acceptors (Lipinski definition) is 11. The molecule has 0 amide bonds. The average Bonchev–Trinajstić information content (AvgIpc) is 2.86. The first kappa shape index (κ1) is 28.5. The first-order valence-corrected chi connectivity index (χ1v) is 11.7. The van der Waals surface area contributed by atoms with Crippen LogP contribution in [0, 0.1) is 11.3 Å². The van der Waals surface area contributed by atoms with Crippen LogP contribution >= 0.6 is 0 Å². The van der Waals surface area contributed by atoms with Gasteiger partial charge in [0.05, 0.1) is 20.3 Å². The van der Waals surface area contributed by atoms with Gasteiger partial charge in [-0.3, -0.25) is 9.59 Å². The standard InChI is InChI=1S/C26H32O11/c1-6-7-8-9-15(27)18-14-12-26(23(33)36-5,24(2,20(18)30)22(32)25(14,3)34)37-17-11-13(21(31)35-4)10-16(28)19(17)29/h6-9,11,14,16-17,19,27-29,34H,10,12H2,1-5H3/b7-6+,9-8+,18-15-. The van der Waals surface area contributed by atoms with E-state index in [0.717, 1.165) is 27.2 Å². The van der Waals surface area contributed by atoms with Gasteiger partial charge in [-0.15, -0.1) is 0 Å². The molecule has 202 valence electrons. The Kier molecular flexibility index (Phi) is 7.67. The Bertz CT molecular complexity index is 1130. The second kappa shape index (κ2) is 9.97. The number of carbonyl (C=O) groups is 4. The Labute approximate surface area is 213 Å². The SMILES string of the molecule is C/C=C/C=C/C(O)=C1/C(=O)C2(C)C(=O)C(C)(O)C1CC2(OC1C=C(C(=O)OC)CC(O)C1O)C(=O)OC. The van der Waals surface area contributed by atoms with Crippen LogP contribution in [0.2, 0.25) is 0 Å². The Morgan fingerprint density at radius 1 is 1.11 bits per heavy atom. The minimum Gasteiger partial charge on any atom is -0.508 e. The molecule has 0 aromatic rings. The fraction of sp³-hybridized carbons (Fsp3) is 0.538. The first-order valence-electron chi connectivity index (χ1n) is 11.7. The highest BCUT2D eigenvalue weighted by Crippen LogP contribution is 2.60. The lowest BCUT2D eigenvalue weighted by atomic mass is 9.45. The van der Waals surface area contributed by atoms with E-state index in [4.69, 9.17) is 9.47 Å². The molecule has 37 heavy (non-hydrogen) atoms. The smallest absolute Gasteiger partial charge is 0.339 e. The minimum absolute atomic E-state index is 0.0477. The molecule has 4 aliphatic rings. The van der Waals surface area contributed by atoms with Gasteiger partial charge < -0.3 is 34.6 Å². The molecule has 0 aromatic heterocycles. The van der Waals surface area contributed by atoms with Crippen LogP contribution < -0.4 is 0 Å². The number of allylic oxidation sites excluding steroid dienone is 4. The second-order valence-electron chi connectivity index (χ2n) is 9.72. The van der Waals surface area contributed by atoms with Gasteiger partial charge in [0.1, 0.15) is 29.0 Å². The van der Waals surface area contributed by atoms with Crippen molar-refractivity contribution in [3.8, 4) is 0 Å². The third-order valence-electron chi connectivity index (χ3n) is 7.60. The van der Waals surface area contributed by atoms with Gasteiger partial charge in [-0.05, 0) is 39.3 Å². The monoisotopic (exact) mass is 520 g/mol. The fourth-order valence-electron chi connectivity index (χ4n) is 5.49. The van der Waals surface area contributed by atoms with Gasteiger partial charge in [-0.1, -0.05) is 18.2 Å². The summed E-state index contributed by atoms with van der Waals surface area (Å²) < 4.78 is 15.6. The van der Waals surface area contributed by atoms with Crippen LogP contribution in [-0.2, 0) is 33.4 Å². The maximum absolute atomic E-state index is 13.8. The molecule has 3 saturated carbocycles. The van der Waals surface area contributed by atoms with Crippen LogP contribution in [-0.4, -0.2) is 87.7 Å². The zero-order valence-electron chi connectivity index (χ0n) is 21.3. The van der Waals surface area contributed by atoms with Gasteiger partial charge >= 0.3 is 11.9 Å². The molecule has 0 aromatic carbocycles. The van der Waals surface area contributed by atoms with Crippen LogP contribution in [0.25, 0.3) is 0 Å². The van der Waals surface area contributed by atoms with Crippen LogP contribution in [0.1, 0.15) is 33.6 Å². The summed E-state index contributed by atoms with van der Waals surface area (Å²) in [7, 11) is 2.14. The molecule has 7 atom stereocenters. The molecule has 4 aliphatic carbocycles. The number of ether oxygens (including phenoxy) is 3. The third kappa shape index (κ3) is 4.15. The zero-order valence-corrected chi connectivity index (χ0v) is 21.3. The summed E-state index contributed by atoms with van der Waals surface area (Å²) >= 11 is 0. The third-order valence-corrected chi connectivity index (χ3v) is 7.60.